The van der Waals surface area contributed by atoms with Crippen molar-refractivity contribution in [2.45, 2.75) is 26.8 Å². The molecule has 2 rings (SSSR count). The highest BCUT2D eigenvalue weighted by Crippen LogP contribution is 2.30. The predicted molar refractivity (Wildman–Crippen MR) is 76.1 cm³/mol. The average molecular weight is 240 g/mol. The summed E-state index contributed by atoms with van der Waals surface area (Å²) in [4.78, 5) is 4.68. The number of hydrogen-bond acceptors (Lipinski definition) is 2. The first-order valence-electron chi connectivity index (χ1n) is 6.26. The molecule has 0 spiro atoms. The lowest BCUT2D eigenvalue weighted by molar-refractivity contribution is 0.321. The van der Waals surface area contributed by atoms with Gasteiger partial charge in [-0.15, -0.1) is 0 Å². The van der Waals surface area contributed by atoms with E-state index >= 15 is 0 Å². The molecule has 0 aliphatic heterocycles. The van der Waals surface area contributed by atoms with E-state index in [9.17, 15) is 0 Å². The Morgan fingerprint density at radius 3 is 2.22 bits per heavy atom. The van der Waals surface area contributed by atoms with Gasteiger partial charge in [-0.05, 0) is 17.5 Å². The highest BCUT2D eigenvalue weighted by Gasteiger charge is 2.23. The molecule has 1 heterocycles. The highest BCUT2D eigenvalue weighted by atomic mass is 14.8. The normalized spacial score (nSPS) is 13.3. The summed E-state index contributed by atoms with van der Waals surface area (Å²) >= 11 is 0. The molecule has 0 aliphatic carbocycles. The molecule has 2 heteroatoms. The van der Waals surface area contributed by atoms with Crippen LogP contribution in [-0.2, 0) is 0 Å². The van der Waals surface area contributed by atoms with Gasteiger partial charge < -0.3 is 5.73 Å². The van der Waals surface area contributed by atoms with E-state index in [1.807, 2.05) is 36.4 Å². The second kappa shape index (κ2) is 4.91. The zero-order valence-corrected chi connectivity index (χ0v) is 11.2. The SMILES string of the molecule is CC(C)(C)[C@@H](N)c1cccc(-c2ccccc2)n1. The van der Waals surface area contributed by atoms with Gasteiger partial charge in [0.05, 0.1) is 17.4 Å². The summed E-state index contributed by atoms with van der Waals surface area (Å²) in [6, 6.07) is 16.2. The fourth-order valence-electron chi connectivity index (χ4n) is 1.84. The van der Waals surface area contributed by atoms with E-state index in [1.165, 1.54) is 0 Å². The Bertz CT molecular complexity index is 512. The minimum absolute atomic E-state index is 0.0162. The number of aromatic nitrogens is 1. The van der Waals surface area contributed by atoms with Gasteiger partial charge in [-0.25, -0.2) is 0 Å². The predicted octanol–water partition coefficient (Wildman–Crippen LogP) is 3.79. The Labute approximate surface area is 109 Å². The first kappa shape index (κ1) is 12.8. The van der Waals surface area contributed by atoms with Crippen molar-refractivity contribution < 1.29 is 0 Å². The summed E-state index contributed by atoms with van der Waals surface area (Å²) in [6.07, 6.45) is 0. The summed E-state index contributed by atoms with van der Waals surface area (Å²) < 4.78 is 0. The molecule has 0 saturated carbocycles. The fourth-order valence-corrected chi connectivity index (χ4v) is 1.84. The molecule has 18 heavy (non-hydrogen) atoms. The molecule has 0 bridgehead atoms. The van der Waals surface area contributed by atoms with E-state index in [2.05, 4.69) is 37.9 Å². The van der Waals surface area contributed by atoms with E-state index in [-0.39, 0.29) is 11.5 Å². The largest absolute Gasteiger partial charge is 0.322 e. The van der Waals surface area contributed by atoms with Crippen LogP contribution in [0.25, 0.3) is 11.3 Å². The van der Waals surface area contributed by atoms with Crippen LogP contribution in [0.3, 0.4) is 0 Å². The lowest BCUT2D eigenvalue weighted by Gasteiger charge is -2.26. The van der Waals surface area contributed by atoms with Gasteiger partial charge in [0.15, 0.2) is 0 Å². The van der Waals surface area contributed by atoms with Crippen molar-refractivity contribution in [3.8, 4) is 11.3 Å². The first-order chi connectivity index (χ1) is 8.48. The number of pyridine rings is 1. The van der Waals surface area contributed by atoms with Crippen LogP contribution in [0.5, 0.6) is 0 Å². The monoisotopic (exact) mass is 240 g/mol. The smallest absolute Gasteiger partial charge is 0.0706 e. The van der Waals surface area contributed by atoms with E-state index < -0.39 is 0 Å². The van der Waals surface area contributed by atoms with Crippen LogP contribution in [0, 0.1) is 5.41 Å². The number of nitrogens with zero attached hydrogens (tertiary/aromatic N) is 1. The van der Waals surface area contributed by atoms with Crippen molar-refractivity contribution >= 4 is 0 Å². The minimum Gasteiger partial charge on any atom is -0.322 e. The molecule has 0 unspecified atom stereocenters. The third kappa shape index (κ3) is 2.77. The molecule has 0 aliphatic rings. The van der Waals surface area contributed by atoms with Crippen LogP contribution in [0.1, 0.15) is 32.5 Å². The van der Waals surface area contributed by atoms with Crippen molar-refractivity contribution in [2.75, 3.05) is 0 Å². The van der Waals surface area contributed by atoms with Gasteiger partial charge in [0.2, 0.25) is 0 Å². The molecule has 0 amide bonds. The summed E-state index contributed by atoms with van der Waals surface area (Å²) in [6.45, 7) is 6.40. The first-order valence-corrected chi connectivity index (χ1v) is 6.26. The molecule has 0 radical (unpaired) electrons. The Hall–Kier alpha value is -1.67. The molecular weight excluding hydrogens is 220 g/mol. The number of nitrogens with two attached hydrogens (primary N) is 1. The molecule has 0 saturated heterocycles. The molecule has 94 valence electrons. The molecule has 2 nitrogen and oxygen atoms in total. The summed E-state index contributed by atoms with van der Waals surface area (Å²) in [5.74, 6) is 0. The van der Waals surface area contributed by atoms with Crippen molar-refractivity contribution in [3.63, 3.8) is 0 Å². The van der Waals surface area contributed by atoms with Gasteiger partial charge in [-0.1, -0.05) is 57.2 Å². The van der Waals surface area contributed by atoms with Crippen molar-refractivity contribution in [3.05, 3.63) is 54.2 Å². The zero-order chi connectivity index (χ0) is 13.2. The van der Waals surface area contributed by atoms with Gasteiger partial charge in [-0.2, -0.15) is 0 Å². The topological polar surface area (TPSA) is 38.9 Å². The summed E-state index contributed by atoms with van der Waals surface area (Å²) in [7, 11) is 0. The summed E-state index contributed by atoms with van der Waals surface area (Å²) in [5.41, 5.74) is 9.33. The van der Waals surface area contributed by atoms with E-state index in [0.717, 1.165) is 17.0 Å². The maximum Gasteiger partial charge on any atom is 0.0706 e. The van der Waals surface area contributed by atoms with Crippen molar-refractivity contribution in [2.24, 2.45) is 11.1 Å². The molecule has 1 aromatic carbocycles. The lowest BCUT2D eigenvalue weighted by atomic mass is 9.85. The quantitative estimate of drug-likeness (QED) is 0.867. The molecular formula is C16H20N2. The molecule has 1 atom stereocenters. The molecule has 2 N–H and O–H groups in total. The van der Waals surface area contributed by atoms with Crippen molar-refractivity contribution in [1.29, 1.82) is 0 Å². The second-order valence-electron chi connectivity index (χ2n) is 5.66. The summed E-state index contributed by atoms with van der Waals surface area (Å²) in [5, 5.41) is 0. The number of hydrogen-bond donors (Lipinski definition) is 1. The van der Waals surface area contributed by atoms with Crippen LogP contribution in [0.15, 0.2) is 48.5 Å². The van der Waals surface area contributed by atoms with Gasteiger partial charge in [0, 0.05) is 5.56 Å². The van der Waals surface area contributed by atoms with E-state index in [0.29, 0.717) is 0 Å². The Morgan fingerprint density at radius 2 is 1.61 bits per heavy atom. The lowest BCUT2D eigenvalue weighted by Crippen LogP contribution is -2.27. The number of benzene rings is 1. The highest BCUT2D eigenvalue weighted by molar-refractivity contribution is 5.58. The second-order valence-corrected chi connectivity index (χ2v) is 5.66. The van der Waals surface area contributed by atoms with Crippen LogP contribution in [0.4, 0.5) is 0 Å². The minimum atomic E-state index is -0.0545. The maximum atomic E-state index is 6.26. The van der Waals surface area contributed by atoms with Gasteiger partial charge in [-0.3, -0.25) is 4.98 Å². The van der Waals surface area contributed by atoms with E-state index in [1.54, 1.807) is 0 Å². The fraction of sp³-hybridized carbons (Fsp3) is 0.312. The van der Waals surface area contributed by atoms with Crippen molar-refractivity contribution in [1.82, 2.24) is 4.98 Å². The third-order valence-corrected chi connectivity index (χ3v) is 3.09. The third-order valence-electron chi connectivity index (χ3n) is 3.09. The van der Waals surface area contributed by atoms with Crippen LogP contribution < -0.4 is 5.73 Å². The average Bonchev–Trinajstić information content (AvgIpc) is 2.38. The van der Waals surface area contributed by atoms with Gasteiger partial charge >= 0.3 is 0 Å². The Balaban J connectivity index is 2.37. The van der Waals surface area contributed by atoms with Crippen LogP contribution in [-0.4, -0.2) is 4.98 Å². The Morgan fingerprint density at radius 1 is 0.944 bits per heavy atom. The zero-order valence-electron chi connectivity index (χ0n) is 11.2. The molecule has 2 aromatic rings. The number of rotatable bonds is 2. The molecule has 1 aromatic heterocycles. The standard InChI is InChI=1S/C16H20N2/c1-16(2,3)15(17)14-11-7-10-13(18-14)12-8-5-4-6-9-12/h4-11,15H,17H2,1-3H3/t15-/m0/s1. The van der Waals surface area contributed by atoms with E-state index in [4.69, 9.17) is 5.73 Å². The van der Waals surface area contributed by atoms with Gasteiger partial charge in [0.1, 0.15) is 0 Å². The molecule has 0 fully saturated rings. The maximum absolute atomic E-state index is 6.26. The van der Waals surface area contributed by atoms with Gasteiger partial charge in [0.25, 0.3) is 0 Å². The Kier molecular flexibility index (Phi) is 3.48. The van der Waals surface area contributed by atoms with Crippen LogP contribution >= 0.6 is 0 Å². The van der Waals surface area contributed by atoms with Crippen LogP contribution in [0.2, 0.25) is 0 Å².